The molecule has 16 heavy (non-hydrogen) atoms. The van der Waals surface area contributed by atoms with Gasteiger partial charge in [-0.15, -0.1) is 0 Å². The summed E-state index contributed by atoms with van der Waals surface area (Å²) in [5.74, 6) is 0.0124. The van der Waals surface area contributed by atoms with Crippen molar-refractivity contribution in [3.8, 4) is 0 Å². The molecule has 1 saturated heterocycles. The molecule has 0 radical (unpaired) electrons. The number of aliphatic hydroxyl groups is 1. The number of hydrogen-bond acceptors (Lipinski definition) is 4. The molecule has 1 aliphatic carbocycles. The smallest absolute Gasteiger partial charge is 0.229 e. The van der Waals surface area contributed by atoms with E-state index in [1.807, 2.05) is 12.2 Å². The van der Waals surface area contributed by atoms with Gasteiger partial charge in [-0.05, 0) is 6.42 Å². The zero-order chi connectivity index (χ0) is 11.5. The average Bonchev–Trinajstić information content (AvgIpc) is 2.75. The molecule has 1 aliphatic heterocycles. The highest BCUT2D eigenvalue weighted by Gasteiger charge is 2.30. The molecular weight excluding hydrogens is 208 g/mol. The van der Waals surface area contributed by atoms with E-state index < -0.39 is 0 Å². The highest BCUT2D eigenvalue weighted by Crippen LogP contribution is 2.20. The predicted octanol–water partition coefficient (Wildman–Crippen LogP) is -0.890. The van der Waals surface area contributed by atoms with Gasteiger partial charge < -0.3 is 20.5 Å². The summed E-state index contributed by atoms with van der Waals surface area (Å²) in [6.45, 7) is 1.55. The maximum absolute atomic E-state index is 12.1. The third kappa shape index (κ3) is 2.42. The summed E-state index contributed by atoms with van der Waals surface area (Å²) in [6.07, 6.45) is 4.22. The van der Waals surface area contributed by atoms with Crippen LogP contribution in [0.2, 0.25) is 0 Å². The van der Waals surface area contributed by atoms with E-state index in [1.165, 1.54) is 0 Å². The molecule has 0 bridgehead atoms. The summed E-state index contributed by atoms with van der Waals surface area (Å²) < 4.78 is 5.30. The Kier molecular flexibility index (Phi) is 3.58. The van der Waals surface area contributed by atoms with Crippen molar-refractivity contribution >= 4 is 5.91 Å². The molecule has 0 aromatic heterocycles. The maximum atomic E-state index is 12.1. The molecule has 0 saturated carbocycles. The fraction of sp³-hybridized carbons (Fsp3) is 0.727. The van der Waals surface area contributed by atoms with Gasteiger partial charge in [0.1, 0.15) is 0 Å². The molecule has 0 aromatic carbocycles. The fourth-order valence-electron chi connectivity index (χ4n) is 2.17. The van der Waals surface area contributed by atoms with E-state index in [4.69, 9.17) is 15.6 Å². The second kappa shape index (κ2) is 4.95. The van der Waals surface area contributed by atoms with Crippen LogP contribution in [-0.4, -0.2) is 54.4 Å². The lowest BCUT2D eigenvalue weighted by molar-refractivity contribution is -0.143. The van der Waals surface area contributed by atoms with Crippen LogP contribution in [0.15, 0.2) is 12.2 Å². The Hall–Kier alpha value is -0.910. The van der Waals surface area contributed by atoms with Gasteiger partial charge in [0, 0.05) is 19.1 Å². The van der Waals surface area contributed by atoms with Gasteiger partial charge >= 0.3 is 0 Å². The number of morpholine rings is 1. The topological polar surface area (TPSA) is 75.8 Å². The van der Waals surface area contributed by atoms with E-state index in [-0.39, 0.29) is 30.6 Å². The van der Waals surface area contributed by atoms with E-state index in [9.17, 15) is 4.79 Å². The third-order valence-corrected chi connectivity index (χ3v) is 3.09. The highest BCUT2D eigenvalue weighted by atomic mass is 16.5. The molecule has 5 nitrogen and oxygen atoms in total. The van der Waals surface area contributed by atoms with Crippen LogP contribution >= 0.6 is 0 Å². The molecule has 0 aromatic rings. The third-order valence-electron chi connectivity index (χ3n) is 3.09. The molecule has 3 atom stereocenters. The summed E-state index contributed by atoms with van der Waals surface area (Å²) in [6, 6.07) is 0.00336. The van der Waals surface area contributed by atoms with Crippen LogP contribution in [-0.2, 0) is 9.53 Å². The molecule has 3 unspecified atom stereocenters. The van der Waals surface area contributed by atoms with Crippen molar-refractivity contribution in [3.63, 3.8) is 0 Å². The first-order chi connectivity index (χ1) is 7.70. The molecule has 5 heteroatoms. The van der Waals surface area contributed by atoms with Crippen molar-refractivity contribution in [2.45, 2.75) is 18.6 Å². The Bertz CT molecular complexity index is 293. The second-order valence-electron chi connectivity index (χ2n) is 4.35. The number of ether oxygens (including phenoxy) is 1. The molecule has 1 fully saturated rings. The second-order valence-corrected chi connectivity index (χ2v) is 4.35. The summed E-state index contributed by atoms with van der Waals surface area (Å²) in [5, 5.41) is 9.00. The first-order valence-electron chi connectivity index (χ1n) is 5.66. The van der Waals surface area contributed by atoms with E-state index in [0.717, 1.165) is 0 Å². The van der Waals surface area contributed by atoms with E-state index in [1.54, 1.807) is 4.90 Å². The lowest BCUT2D eigenvalue weighted by atomic mass is 10.1. The number of carbonyl (C=O) groups excluding carboxylic acids is 1. The monoisotopic (exact) mass is 226 g/mol. The van der Waals surface area contributed by atoms with Gasteiger partial charge in [-0.25, -0.2) is 0 Å². The fourth-order valence-corrected chi connectivity index (χ4v) is 2.17. The average molecular weight is 226 g/mol. The zero-order valence-corrected chi connectivity index (χ0v) is 9.21. The number of amides is 1. The van der Waals surface area contributed by atoms with Crippen LogP contribution in [0.5, 0.6) is 0 Å². The number of nitrogens with zero attached hydrogens (tertiary/aromatic N) is 1. The standard InChI is InChI=1S/C11H18N2O3/c12-9-2-1-8(5-9)11(15)13-3-4-16-10(6-13)7-14/h1-2,8-10,14H,3-7,12H2. The number of hydrogen-bond donors (Lipinski definition) is 2. The SMILES string of the molecule is NC1C=CC(C(=O)N2CCOC(CO)C2)C1. The molecule has 0 spiro atoms. The van der Waals surface area contributed by atoms with Crippen molar-refractivity contribution in [2.75, 3.05) is 26.3 Å². The van der Waals surface area contributed by atoms with Crippen LogP contribution in [0, 0.1) is 5.92 Å². The lowest BCUT2D eigenvalue weighted by Gasteiger charge is -2.33. The van der Waals surface area contributed by atoms with Gasteiger partial charge in [-0.2, -0.15) is 0 Å². The normalized spacial score (nSPS) is 34.4. The van der Waals surface area contributed by atoms with E-state index in [0.29, 0.717) is 26.1 Å². The molecule has 90 valence electrons. The summed E-state index contributed by atoms with van der Waals surface area (Å²) in [7, 11) is 0. The first-order valence-corrected chi connectivity index (χ1v) is 5.66. The minimum absolute atomic E-state index is 0.00336. The van der Waals surface area contributed by atoms with Gasteiger partial charge in [0.05, 0.1) is 25.2 Å². The van der Waals surface area contributed by atoms with Gasteiger partial charge in [0.2, 0.25) is 5.91 Å². The molecule has 2 rings (SSSR count). The Balaban J connectivity index is 1.91. The van der Waals surface area contributed by atoms with E-state index >= 15 is 0 Å². The van der Waals surface area contributed by atoms with Crippen LogP contribution in [0.25, 0.3) is 0 Å². The van der Waals surface area contributed by atoms with Crippen molar-refractivity contribution in [1.29, 1.82) is 0 Å². The molecule has 2 aliphatic rings. The minimum Gasteiger partial charge on any atom is -0.394 e. The van der Waals surface area contributed by atoms with Crippen molar-refractivity contribution in [3.05, 3.63) is 12.2 Å². The van der Waals surface area contributed by atoms with Crippen LogP contribution < -0.4 is 5.73 Å². The molecule has 1 amide bonds. The Labute approximate surface area is 94.9 Å². The Morgan fingerprint density at radius 1 is 1.56 bits per heavy atom. The number of carbonyl (C=O) groups is 1. The van der Waals surface area contributed by atoms with Crippen molar-refractivity contribution in [2.24, 2.45) is 11.7 Å². The largest absolute Gasteiger partial charge is 0.394 e. The van der Waals surface area contributed by atoms with E-state index in [2.05, 4.69) is 0 Å². The van der Waals surface area contributed by atoms with Gasteiger partial charge in [0.25, 0.3) is 0 Å². The van der Waals surface area contributed by atoms with Crippen LogP contribution in [0.4, 0.5) is 0 Å². The number of aliphatic hydroxyl groups excluding tert-OH is 1. The Morgan fingerprint density at radius 3 is 3.00 bits per heavy atom. The highest BCUT2D eigenvalue weighted by molar-refractivity contribution is 5.81. The minimum atomic E-state index is -0.239. The van der Waals surface area contributed by atoms with Crippen LogP contribution in [0.1, 0.15) is 6.42 Å². The van der Waals surface area contributed by atoms with Crippen LogP contribution in [0.3, 0.4) is 0 Å². The first kappa shape index (κ1) is 11.6. The predicted molar refractivity (Wildman–Crippen MR) is 58.6 cm³/mol. The van der Waals surface area contributed by atoms with Crippen molar-refractivity contribution < 1.29 is 14.6 Å². The summed E-state index contributed by atoms with van der Waals surface area (Å²) >= 11 is 0. The summed E-state index contributed by atoms with van der Waals surface area (Å²) in [5.41, 5.74) is 5.72. The molecule has 1 heterocycles. The molecule has 3 N–H and O–H groups in total. The van der Waals surface area contributed by atoms with Gasteiger partial charge in [-0.3, -0.25) is 4.79 Å². The lowest BCUT2D eigenvalue weighted by Crippen LogP contribution is -2.48. The number of rotatable bonds is 2. The molecular formula is C11H18N2O3. The quantitative estimate of drug-likeness (QED) is 0.599. The van der Waals surface area contributed by atoms with Crippen molar-refractivity contribution in [1.82, 2.24) is 4.90 Å². The summed E-state index contributed by atoms with van der Waals surface area (Å²) in [4.78, 5) is 13.9. The maximum Gasteiger partial charge on any atom is 0.229 e. The zero-order valence-electron chi connectivity index (χ0n) is 9.21. The Morgan fingerprint density at radius 2 is 2.38 bits per heavy atom. The van der Waals surface area contributed by atoms with Gasteiger partial charge in [-0.1, -0.05) is 12.2 Å². The number of nitrogens with two attached hydrogens (primary N) is 1. The van der Waals surface area contributed by atoms with Gasteiger partial charge in [0.15, 0.2) is 0 Å².